The first-order valence-corrected chi connectivity index (χ1v) is 9.98. The molecule has 1 aromatic carbocycles. The quantitative estimate of drug-likeness (QED) is 0.733. The van der Waals surface area contributed by atoms with Crippen LogP contribution in [0.15, 0.2) is 30.6 Å². The second-order valence-corrected chi connectivity index (χ2v) is 9.04. The summed E-state index contributed by atoms with van der Waals surface area (Å²) in [6.45, 7) is 7.85. The van der Waals surface area contributed by atoms with Gasteiger partial charge >= 0.3 is 6.03 Å². The van der Waals surface area contributed by atoms with Crippen molar-refractivity contribution in [2.24, 2.45) is 5.92 Å². The van der Waals surface area contributed by atoms with E-state index in [1.54, 1.807) is 12.3 Å². The van der Waals surface area contributed by atoms with E-state index in [0.717, 1.165) is 17.9 Å². The summed E-state index contributed by atoms with van der Waals surface area (Å²) in [4.78, 5) is 19.1. The zero-order chi connectivity index (χ0) is 19.6. The summed E-state index contributed by atoms with van der Waals surface area (Å²) in [6.07, 6.45) is 6.08. The van der Waals surface area contributed by atoms with Gasteiger partial charge in [-0.1, -0.05) is 29.3 Å². The van der Waals surface area contributed by atoms with Crippen LogP contribution in [0, 0.1) is 5.92 Å². The van der Waals surface area contributed by atoms with Crippen LogP contribution in [0.3, 0.4) is 0 Å². The second-order valence-electron chi connectivity index (χ2n) is 8.22. The molecule has 0 aliphatic heterocycles. The summed E-state index contributed by atoms with van der Waals surface area (Å²) >= 11 is 12.1. The monoisotopic (exact) mass is 408 g/mol. The average Bonchev–Trinajstić information content (AvgIpc) is 3.28. The molecule has 1 fully saturated rings. The number of aromatic nitrogens is 2. The van der Waals surface area contributed by atoms with Gasteiger partial charge in [-0.25, -0.2) is 9.78 Å². The number of hydrogen-bond donors (Lipinski definition) is 1. The topological polar surface area (TPSA) is 50.2 Å². The zero-order valence-corrected chi connectivity index (χ0v) is 17.5. The van der Waals surface area contributed by atoms with Crippen molar-refractivity contribution < 1.29 is 4.79 Å². The van der Waals surface area contributed by atoms with E-state index in [9.17, 15) is 4.79 Å². The number of amides is 2. The molecule has 0 radical (unpaired) electrons. The van der Waals surface area contributed by atoms with Gasteiger partial charge in [-0.15, -0.1) is 0 Å². The lowest BCUT2D eigenvalue weighted by atomic mass is 10.1. The average molecular weight is 409 g/mol. The van der Waals surface area contributed by atoms with Crippen LogP contribution in [0.5, 0.6) is 0 Å². The van der Waals surface area contributed by atoms with Gasteiger partial charge < -0.3 is 14.8 Å². The van der Waals surface area contributed by atoms with E-state index in [1.165, 1.54) is 12.8 Å². The second kappa shape index (κ2) is 8.11. The normalized spacial score (nSPS) is 14.3. The van der Waals surface area contributed by atoms with E-state index >= 15 is 0 Å². The fraction of sp³-hybridized carbons (Fsp3) is 0.500. The van der Waals surface area contributed by atoms with Crippen molar-refractivity contribution >= 4 is 29.2 Å². The highest BCUT2D eigenvalue weighted by Gasteiger charge is 2.29. The predicted octanol–water partition coefficient (Wildman–Crippen LogP) is 4.96. The maximum atomic E-state index is 12.7. The summed E-state index contributed by atoms with van der Waals surface area (Å²) in [5.74, 6) is 1.46. The highest BCUT2D eigenvalue weighted by Crippen LogP contribution is 2.30. The van der Waals surface area contributed by atoms with E-state index in [-0.39, 0.29) is 11.6 Å². The number of carbonyl (C=O) groups excluding carboxylic acids is 1. The summed E-state index contributed by atoms with van der Waals surface area (Å²) in [5, 5.41) is 4.15. The molecule has 0 spiro atoms. The summed E-state index contributed by atoms with van der Waals surface area (Å²) in [6, 6.07) is 5.57. The van der Waals surface area contributed by atoms with Crippen LogP contribution in [0.4, 0.5) is 4.79 Å². The van der Waals surface area contributed by atoms with Gasteiger partial charge in [-0.2, -0.15) is 0 Å². The fourth-order valence-electron chi connectivity index (χ4n) is 2.87. The van der Waals surface area contributed by atoms with Crippen LogP contribution in [0.2, 0.25) is 10.0 Å². The highest BCUT2D eigenvalue weighted by atomic mass is 35.5. The third-order valence-electron chi connectivity index (χ3n) is 4.42. The van der Waals surface area contributed by atoms with Crippen molar-refractivity contribution in [3.63, 3.8) is 0 Å². The summed E-state index contributed by atoms with van der Waals surface area (Å²) in [5.41, 5.74) is 0.769. The predicted molar refractivity (Wildman–Crippen MR) is 109 cm³/mol. The lowest BCUT2D eigenvalue weighted by molar-refractivity contribution is 0.181. The van der Waals surface area contributed by atoms with Gasteiger partial charge in [0.1, 0.15) is 5.82 Å². The number of hydrogen-bond acceptors (Lipinski definition) is 2. The van der Waals surface area contributed by atoms with Gasteiger partial charge in [-0.3, -0.25) is 0 Å². The van der Waals surface area contributed by atoms with Crippen LogP contribution >= 0.6 is 23.2 Å². The first-order valence-electron chi connectivity index (χ1n) is 9.22. The van der Waals surface area contributed by atoms with Gasteiger partial charge in [0.25, 0.3) is 0 Å². The molecule has 7 heteroatoms. The van der Waals surface area contributed by atoms with E-state index < -0.39 is 0 Å². The van der Waals surface area contributed by atoms with Gasteiger partial charge in [0.05, 0.1) is 16.6 Å². The van der Waals surface area contributed by atoms with Crippen molar-refractivity contribution in [2.75, 3.05) is 6.54 Å². The van der Waals surface area contributed by atoms with Gasteiger partial charge in [0.2, 0.25) is 0 Å². The van der Waals surface area contributed by atoms with Crippen molar-refractivity contribution in [1.29, 1.82) is 0 Å². The number of urea groups is 1. The molecule has 27 heavy (non-hydrogen) atoms. The molecule has 1 N–H and O–H groups in total. The highest BCUT2D eigenvalue weighted by molar-refractivity contribution is 6.42. The van der Waals surface area contributed by atoms with E-state index in [1.807, 2.05) is 48.6 Å². The fourth-order valence-corrected chi connectivity index (χ4v) is 3.19. The van der Waals surface area contributed by atoms with Crippen LogP contribution in [0.1, 0.15) is 45.0 Å². The third-order valence-corrected chi connectivity index (χ3v) is 5.15. The number of rotatable bonds is 6. The van der Waals surface area contributed by atoms with E-state index in [2.05, 4.69) is 10.3 Å². The number of benzene rings is 1. The Hall–Kier alpha value is -1.72. The van der Waals surface area contributed by atoms with E-state index in [4.69, 9.17) is 23.2 Å². The molecule has 0 bridgehead atoms. The summed E-state index contributed by atoms with van der Waals surface area (Å²) < 4.78 is 2.05. The van der Waals surface area contributed by atoms with Gasteiger partial charge in [-0.05, 0) is 57.2 Å². The molecule has 1 saturated carbocycles. The number of carbonyl (C=O) groups is 1. The Kier molecular flexibility index (Phi) is 6.02. The van der Waals surface area contributed by atoms with Crippen LogP contribution in [-0.4, -0.2) is 32.6 Å². The van der Waals surface area contributed by atoms with Crippen molar-refractivity contribution in [2.45, 2.75) is 52.2 Å². The van der Waals surface area contributed by atoms with Crippen molar-refractivity contribution in [3.8, 4) is 0 Å². The third kappa shape index (κ3) is 5.88. The lowest BCUT2D eigenvalue weighted by Gasteiger charge is -2.28. The molecular weight excluding hydrogens is 383 g/mol. The number of nitrogens with one attached hydrogen (secondary N) is 1. The lowest BCUT2D eigenvalue weighted by Crippen LogP contribution is -2.49. The number of nitrogens with zero attached hydrogens (tertiary/aromatic N) is 3. The molecule has 5 nitrogen and oxygen atoms in total. The molecule has 3 rings (SSSR count). The molecule has 0 unspecified atom stereocenters. The Morgan fingerprint density at radius 3 is 2.67 bits per heavy atom. The Bertz CT molecular complexity index is 809. The van der Waals surface area contributed by atoms with Crippen LogP contribution < -0.4 is 5.32 Å². The molecule has 1 aliphatic carbocycles. The summed E-state index contributed by atoms with van der Waals surface area (Å²) in [7, 11) is 0. The van der Waals surface area contributed by atoms with Crippen molar-refractivity contribution in [3.05, 3.63) is 52.0 Å². The molecule has 1 aliphatic rings. The molecule has 1 aromatic heterocycles. The Labute approximate surface area is 170 Å². The first kappa shape index (κ1) is 20.0. The molecule has 0 atom stereocenters. The van der Waals surface area contributed by atoms with Gasteiger partial charge in [0, 0.05) is 31.0 Å². The number of imidazole rings is 1. The Morgan fingerprint density at radius 2 is 2.04 bits per heavy atom. The van der Waals surface area contributed by atoms with Crippen LogP contribution in [0.25, 0.3) is 0 Å². The zero-order valence-electron chi connectivity index (χ0n) is 16.0. The smallest absolute Gasteiger partial charge is 0.318 e. The molecule has 1 heterocycles. The Morgan fingerprint density at radius 1 is 1.30 bits per heavy atom. The molecule has 2 aromatic rings. The minimum atomic E-state index is -0.269. The SMILES string of the molecule is CC(C)(C)NC(=O)N(Cc1nccn1Cc1ccc(Cl)c(Cl)c1)CC1CC1. The molecule has 0 saturated heterocycles. The number of halogens is 2. The van der Waals surface area contributed by atoms with Gasteiger partial charge in [0.15, 0.2) is 0 Å². The molecule has 146 valence electrons. The minimum absolute atomic E-state index is 0.0431. The standard InChI is InChI=1S/C20H26Cl2N4O/c1-20(2,3)24-19(27)26(11-14-4-5-14)13-18-23-8-9-25(18)12-15-6-7-16(21)17(22)10-15/h6-10,14H,4-5,11-13H2,1-3H3,(H,24,27). The molecular formula is C20H26Cl2N4O. The van der Waals surface area contributed by atoms with E-state index in [0.29, 0.717) is 29.1 Å². The first-order chi connectivity index (χ1) is 12.7. The van der Waals surface area contributed by atoms with Crippen LogP contribution in [-0.2, 0) is 13.1 Å². The maximum absolute atomic E-state index is 12.7. The Balaban J connectivity index is 1.73. The maximum Gasteiger partial charge on any atom is 0.318 e. The van der Waals surface area contributed by atoms with Crippen molar-refractivity contribution in [1.82, 2.24) is 19.8 Å². The minimum Gasteiger partial charge on any atom is -0.333 e. The molecule has 2 amide bonds. The largest absolute Gasteiger partial charge is 0.333 e.